The maximum Gasteiger partial charge on any atom is 0.358 e. The maximum atomic E-state index is 12.2. The molecule has 8 rings (SSSR count). The molecule has 2 unspecified atom stereocenters. The van der Waals surface area contributed by atoms with Crippen LogP contribution >= 0.6 is 0 Å². The van der Waals surface area contributed by atoms with Gasteiger partial charge >= 0.3 is 59.7 Å². The number of carboxylic acids is 1. The number of hydrogen-bond acceptors (Lipinski definition) is 32. The van der Waals surface area contributed by atoms with E-state index in [0.717, 1.165) is 24.7 Å². The molecule has 0 bridgehead atoms. The number of imidazole rings is 3. The molecule has 3 aromatic heterocycles. The number of aliphatic hydroxyl groups excluding tert-OH is 1. The van der Waals surface area contributed by atoms with E-state index in [4.69, 9.17) is 67.7 Å². The van der Waals surface area contributed by atoms with Crippen LogP contribution in [0, 0.1) is 0 Å². The Kier molecular flexibility index (Phi) is 21.9. The zero-order valence-corrected chi connectivity index (χ0v) is 46.9. The van der Waals surface area contributed by atoms with Gasteiger partial charge in [-0.05, 0) is 0 Å². The molecule has 462 valence electrons. The Hall–Kier alpha value is -9.42. The van der Waals surface area contributed by atoms with E-state index in [1.165, 1.54) is 82.9 Å². The highest BCUT2D eigenvalue weighted by atomic mass is 16.7. The van der Waals surface area contributed by atoms with Crippen molar-refractivity contribution in [1.82, 2.24) is 28.7 Å². The monoisotopic (exact) mass is 1200 g/mol. The minimum atomic E-state index is -1.36. The van der Waals surface area contributed by atoms with Gasteiger partial charge in [-0.1, -0.05) is 0 Å². The summed E-state index contributed by atoms with van der Waals surface area (Å²) in [6.07, 6.45) is -6.75. The predicted molar refractivity (Wildman–Crippen MR) is 276 cm³/mol. The summed E-state index contributed by atoms with van der Waals surface area (Å²) in [6.45, 7) is 10.1. The van der Waals surface area contributed by atoms with Gasteiger partial charge in [-0.15, -0.1) is 0 Å². The van der Waals surface area contributed by atoms with Crippen molar-refractivity contribution in [3.8, 4) is 0 Å². The topological polar surface area (TPSA) is 467 Å². The number of carbonyl (C=O) groups excluding carboxylic acids is 10. The summed E-state index contributed by atoms with van der Waals surface area (Å²) < 4.78 is 68.4. The number of esters is 9. The Morgan fingerprint density at radius 2 is 0.894 bits per heavy atom. The van der Waals surface area contributed by atoms with Gasteiger partial charge in [0, 0.05) is 62.3 Å². The number of carbonyl (C=O) groups is 11. The number of aromatic carboxylic acids is 1. The molecule has 6 N–H and O–H groups in total. The van der Waals surface area contributed by atoms with E-state index in [1.807, 2.05) is 0 Å². The number of fused-ring (bicyclic) bond motifs is 2. The molecular formula is C49H61N11O25. The highest BCUT2D eigenvalue weighted by Crippen LogP contribution is 2.40. The number of rotatable bonds is 16. The zero-order chi connectivity index (χ0) is 62.6. The van der Waals surface area contributed by atoms with Gasteiger partial charge in [0.1, 0.15) is 73.9 Å². The zero-order valence-electron chi connectivity index (χ0n) is 46.9. The first-order valence-electron chi connectivity index (χ1n) is 25.5. The molecule has 5 aliphatic heterocycles. The molecule has 36 nitrogen and oxygen atoms in total. The molecule has 3 aromatic rings. The normalized spacial score (nSPS) is 26.0. The van der Waals surface area contributed by atoms with Crippen molar-refractivity contribution >= 4 is 95.6 Å². The Balaban J connectivity index is 0.000000204. The Morgan fingerprint density at radius 1 is 0.529 bits per heavy atom. The second kappa shape index (κ2) is 28.7. The third-order valence-corrected chi connectivity index (χ3v) is 12.2. The number of nitrogen functional groups attached to an aromatic ring is 1. The average Bonchev–Trinajstić information content (AvgIpc) is 1.83. The van der Waals surface area contributed by atoms with Gasteiger partial charge < -0.3 is 83.4 Å². The van der Waals surface area contributed by atoms with Crippen LogP contribution in [0.2, 0.25) is 0 Å². The van der Waals surface area contributed by atoms with Crippen molar-refractivity contribution in [2.24, 2.45) is 9.98 Å². The van der Waals surface area contributed by atoms with Crippen LogP contribution < -0.4 is 16.4 Å². The van der Waals surface area contributed by atoms with Crippen molar-refractivity contribution in [3.05, 3.63) is 36.1 Å². The van der Waals surface area contributed by atoms with Crippen LogP contribution in [0.1, 0.15) is 114 Å². The number of Topliss-reactive ketones (excluding diaryl/α,β-unsaturated/α-hetero) is 1. The number of nitrogens with zero attached hydrogens (tertiary/aromatic N) is 8. The first-order chi connectivity index (χ1) is 40.2. The molecule has 36 heteroatoms. The average molecular weight is 1200 g/mol. The molecule has 5 aliphatic rings. The molecule has 13 atom stereocenters. The van der Waals surface area contributed by atoms with Gasteiger partial charge in [-0.2, -0.15) is 0 Å². The van der Waals surface area contributed by atoms with Gasteiger partial charge in [0.05, 0.1) is 38.2 Å². The van der Waals surface area contributed by atoms with Crippen LogP contribution in [0.15, 0.2) is 29.0 Å². The number of aliphatic hydroxyl groups is 1. The first-order valence-corrected chi connectivity index (χ1v) is 25.5. The van der Waals surface area contributed by atoms with Crippen LogP contribution in [0.4, 0.5) is 17.5 Å². The van der Waals surface area contributed by atoms with E-state index in [9.17, 15) is 57.8 Å². The quantitative estimate of drug-likeness (QED) is 0.0850. The number of nitrogens with two attached hydrogens (primary N) is 1. The predicted octanol–water partition coefficient (Wildman–Crippen LogP) is -0.975. The third-order valence-electron chi connectivity index (χ3n) is 12.2. The molecule has 0 radical (unpaired) electrons. The van der Waals surface area contributed by atoms with Crippen LogP contribution in [-0.4, -0.2) is 205 Å². The molecule has 8 heterocycles. The summed E-state index contributed by atoms with van der Waals surface area (Å²) in [7, 11) is 0. The molecular weight excluding hydrogens is 1140 g/mol. The fourth-order valence-corrected chi connectivity index (χ4v) is 9.01. The Labute approximate surface area is 480 Å². The van der Waals surface area contributed by atoms with Crippen molar-refractivity contribution in [2.75, 3.05) is 49.3 Å². The van der Waals surface area contributed by atoms with Crippen LogP contribution in [0.25, 0.3) is 0 Å². The van der Waals surface area contributed by atoms with Crippen LogP contribution in [-0.2, 0) is 100.0 Å². The molecule has 0 saturated carbocycles. The lowest BCUT2D eigenvalue weighted by atomic mass is 10.1. The number of carboxylic acid groups (broad SMARTS) is 1. The Bertz CT molecular complexity index is 3080. The molecule has 0 spiro atoms. The largest absolute Gasteiger partial charge is 0.476 e. The lowest BCUT2D eigenvalue weighted by molar-refractivity contribution is -0.166. The van der Waals surface area contributed by atoms with E-state index in [-0.39, 0.29) is 56.0 Å². The molecule has 0 amide bonds. The van der Waals surface area contributed by atoms with Gasteiger partial charge in [0.25, 0.3) is 0 Å². The summed E-state index contributed by atoms with van der Waals surface area (Å²) in [5.41, 5.74) is 5.85. The SMILES string of the molecule is CC(=O)OC[C@H]1OC(n2cnc(C(=O)O)c2N)[C@H](OC(C)=O)[C@@H]1OC(C)=O.CC(=O)OC[C@H]1O[C@@H](n2cnc3c2NC=NCC3=O)[C@H](OC(C)=O)[C@@H]1OC(C)=O.CC(=O)OC[C@H]1O[C@@H](n2cnc3c2NC=NCC3O)[C@H](OC(C)=O)[C@@H]1OC(C)=O. The van der Waals surface area contributed by atoms with Gasteiger partial charge in [-0.3, -0.25) is 71.6 Å². The van der Waals surface area contributed by atoms with E-state index >= 15 is 0 Å². The van der Waals surface area contributed by atoms with Crippen molar-refractivity contribution in [2.45, 2.75) is 142 Å². The molecule has 0 aromatic carbocycles. The summed E-state index contributed by atoms with van der Waals surface area (Å²) in [5.74, 6) is -6.82. The van der Waals surface area contributed by atoms with Gasteiger partial charge in [0.15, 0.2) is 66.7 Å². The van der Waals surface area contributed by atoms with Crippen LogP contribution in [0.5, 0.6) is 0 Å². The highest BCUT2D eigenvalue weighted by molar-refractivity contribution is 6.04. The smallest absolute Gasteiger partial charge is 0.358 e. The second-order valence-electron chi connectivity index (χ2n) is 18.7. The first kappa shape index (κ1) is 64.7. The van der Waals surface area contributed by atoms with E-state index < -0.39 is 145 Å². The number of aromatic nitrogens is 6. The lowest BCUT2D eigenvalue weighted by Gasteiger charge is -2.24. The summed E-state index contributed by atoms with van der Waals surface area (Å²) in [5, 5.41) is 25.0. The number of anilines is 3. The van der Waals surface area contributed by atoms with Crippen LogP contribution in [0.3, 0.4) is 0 Å². The second-order valence-corrected chi connectivity index (χ2v) is 18.7. The number of ether oxygens (including phenoxy) is 12. The van der Waals surface area contributed by atoms with Gasteiger partial charge in [-0.25, -0.2) is 19.7 Å². The summed E-state index contributed by atoms with van der Waals surface area (Å²) in [6, 6.07) is 0. The van der Waals surface area contributed by atoms with E-state index in [2.05, 4.69) is 35.6 Å². The maximum absolute atomic E-state index is 12.2. The lowest BCUT2D eigenvalue weighted by Crippen LogP contribution is -2.40. The van der Waals surface area contributed by atoms with E-state index in [0.29, 0.717) is 11.5 Å². The van der Waals surface area contributed by atoms with E-state index in [1.54, 1.807) is 0 Å². The fourth-order valence-electron chi connectivity index (χ4n) is 9.01. The van der Waals surface area contributed by atoms with Crippen molar-refractivity contribution in [3.63, 3.8) is 0 Å². The van der Waals surface area contributed by atoms with Gasteiger partial charge in [0.2, 0.25) is 5.78 Å². The molecule has 0 aliphatic carbocycles. The standard InChI is InChI=1S/C17H22N4O8.C17H20N4O8.C15H19N3O9/c2*1-8(22)26-5-12-14(27-9(2)23)15(28-10(3)24)17(29-12)21-7-20-13-11(25)4-18-6-19-16(13)21;1-6(19)24-4-9-11(25-7(2)20)12(26-8(3)21)14(27-9)18-5-17-10(13(18)16)15(22)23/h6-7,11-12,14-15,17,25H,4-5H2,1-3H3,(H,18,19);6-7,12,14-15,17H,4-5H2,1-3H3,(H,18,19);5,9,11-12,14H,4,16H2,1-3H3,(H,22,23)/t11?,12-,14-,15-,17-;12-,14-,15-,17-;9-,11-,12-,14?/m111/s1. The molecule has 85 heavy (non-hydrogen) atoms. The van der Waals surface area contributed by atoms with Crippen molar-refractivity contribution < 1.29 is 120 Å². The number of nitrogens with one attached hydrogen (secondary N) is 2. The number of hydrogen-bond donors (Lipinski definition) is 5. The minimum Gasteiger partial charge on any atom is -0.476 e. The number of ketones is 1. The van der Waals surface area contributed by atoms with Crippen molar-refractivity contribution in [1.29, 1.82) is 0 Å². The highest BCUT2D eigenvalue weighted by Gasteiger charge is 2.54. The summed E-state index contributed by atoms with van der Waals surface area (Å²) in [4.78, 5) is 146. The summed E-state index contributed by atoms with van der Waals surface area (Å²) >= 11 is 0. The Morgan fingerprint density at radius 3 is 1.29 bits per heavy atom. The molecule has 3 fully saturated rings. The molecule has 3 saturated heterocycles. The fraction of sp³-hybridized carbons (Fsp3) is 0.551. The minimum absolute atomic E-state index is 0.0684. The third kappa shape index (κ3) is 16.4. The number of aliphatic imine (C=N–C) groups is 2.